The molecule has 0 saturated carbocycles. The molecule has 0 rings (SSSR count). The molecule has 58 valence electrons. The molecule has 0 spiro atoms. The van der Waals surface area contributed by atoms with Crippen LogP contribution in [0, 0.1) is 0 Å². The minimum Gasteiger partial charge on any atom is -0.295 e. The summed E-state index contributed by atoms with van der Waals surface area (Å²) in [5.74, 6) is 0.0354. The van der Waals surface area contributed by atoms with Gasteiger partial charge in [-0.2, -0.15) is 0 Å². The zero-order valence-electron chi connectivity index (χ0n) is 6.49. The van der Waals surface area contributed by atoms with E-state index in [1.165, 1.54) is 6.08 Å². The number of hydrogen-bond acceptors (Lipinski definition) is 1. The fourth-order valence-electron chi connectivity index (χ4n) is 0.489. The smallest absolute Gasteiger partial charge is 0.158 e. The van der Waals surface area contributed by atoms with Crippen molar-refractivity contribution in [2.24, 2.45) is 0 Å². The molecule has 0 amide bonds. The van der Waals surface area contributed by atoms with Crippen LogP contribution in [-0.4, -0.2) is 5.78 Å². The summed E-state index contributed by atoms with van der Waals surface area (Å²) in [7, 11) is 0. The van der Waals surface area contributed by atoms with Crippen molar-refractivity contribution < 1.29 is 4.79 Å². The highest BCUT2D eigenvalue weighted by Gasteiger charge is 1.86. The molecule has 1 nitrogen and oxygen atoms in total. The van der Waals surface area contributed by atoms with Gasteiger partial charge in [-0.25, -0.2) is 0 Å². The van der Waals surface area contributed by atoms with Crippen molar-refractivity contribution in [2.45, 2.75) is 6.42 Å². The number of ketones is 1. The first-order chi connectivity index (χ1) is 5.31. The average molecular weight is 148 g/mol. The molecule has 0 radical (unpaired) electrons. The van der Waals surface area contributed by atoms with Gasteiger partial charge in [-0.3, -0.25) is 4.79 Å². The lowest BCUT2D eigenvalue weighted by molar-refractivity contribution is -0.113. The van der Waals surface area contributed by atoms with Crippen molar-refractivity contribution in [3.63, 3.8) is 0 Å². The number of hydrogen-bond donors (Lipinski definition) is 0. The van der Waals surface area contributed by atoms with E-state index in [4.69, 9.17) is 0 Å². The first kappa shape index (κ1) is 9.63. The standard InChI is InChI=1S/C10H12O/c1-3-5-6-7-8-9-10(11)4-2/h3-8H,1-2,9H2. The van der Waals surface area contributed by atoms with Gasteiger partial charge in [-0.05, 0) is 6.08 Å². The average Bonchev–Trinajstić information content (AvgIpc) is 2.04. The van der Waals surface area contributed by atoms with Crippen molar-refractivity contribution >= 4 is 5.78 Å². The summed E-state index contributed by atoms with van der Waals surface area (Å²) in [6.07, 6.45) is 10.6. The van der Waals surface area contributed by atoms with Crippen molar-refractivity contribution in [2.75, 3.05) is 0 Å². The summed E-state index contributed by atoms with van der Waals surface area (Å²) in [6, 6.07) is 0. The maximum Gasteiger partial charge on any atom is 0.158 e. The Balaban J connectivity index is 3.60. The van der Waals surface area contributed by atoms with Gasteiger partial charge >= 0.3 is 0 Å². The summed E-state index contributed by atoms with van der Waals surface area (Å²) in [6.45, 7) is 6.86. The fourth-order valence-corrected chi connectivity index (χ4v) is 0.489. The Hall–Kier alpha value is -1.37. The predicted octanol–water partition coefficient (Wildman–Crippen LogP) is 2.43. The molecule has 0 unspecified atom stereocenters. The maximum atomic E-state index is 10.6. The summed E-state index contributed by atoms with van der Waals surface area (Å²) in [4.78, 5) is 10.6. The van der Waals surface area contributed by atoms with Gasteiger partial charge in [0.1, 0.15) is 0 Å². The highest BCUT2D eigenvalue weighted by molar-refractivity contribution is 5.90. The first-order valence-electron chi connectivity index (χ1n) is 3.40. The SMILES string of the molecule is C=CC=CC=CCC(=O)C=C. The Kier molecular flexibility index (Phi) is 5.91. The second kappa shape index (κ2) is 6.75. The Morgan fingerprint density at radius 1 is 1.18 bits per heavy atom. The zero-order chi connectivity index (χ0) is 8.53. The normalized spacial score (nSPS) is 10.5. The van der Waals surface area contributed by atoms with E-state index in [0.717, 1.165) is 0 Å². The van der Waals surface area contributed by atoms with E-state index < -0.39 is 0 Å². The third-order valence-corrected chi connectivity index (χ3v) is 1.04. The van der Waals surface area contributed by atoms with E-state index in [1.54, 1.807) is 18.2 Å². The predicted molar refractivity (Wildman–Crippen MR) is 48.3 cm³/mol. The molecule has 1 heteroatoms. The quantitative estimate of drug-likeness (QED) is 0.432. The van der Waals surface area contributed by atoms with E-state index >= 15 is 0 Å². The molecular weight excluding hydrogens is 136 g/mol. The van der Waals surface area contributed by atoms with Crippen LogP contribution in [0.5, 0.6) is 0 Å². The van der Waals surface area contributed by atoms with Crippen molar-refractivity contribution in [1.82, 2.24) is 0 Å². The van der Waals surface area contributed by atoms with Gasteiger partial charge in [-0.15, -0.1) is 0 Å². The monoisotopic (exact) mass is 148 g/mol. The lowest BCUT2D eigenvalue weighted by Crippen LogP contribution is -1.85. The van der Waals surface area contributed by atoms with E-state index in [2.05, 4.69) is 13.2 Å². The highest BCUT2D eigenvalue weighted by atomic mass is 16.1. The maximum absolute atomic E-state index is 10.6. The minimum absolute atomic E-state index is 0.0354. The molecule has 0 aromatic heterocycles. The van der Waals surface area contributed by atoms with Crippen LogP contribution in [0.4, 0.5) is 0 Å². The number of rotatable bonds is 5. The Labute approximate surface area is 67.4 Å². The summed E-state index contributed by atoms with van der Waals surface area (Å²) in [5.41, 5.74) is 0. The number of allylic oxidation sites excluding steroid dienone is 6. The van der Waals surface area contributed by atoms with Crippen LogP contribution in [0.25, 0.3) is 0 Å². The Bertz CT molecular complexity index is 197. The molecule has 0 aliphatic carbocycles. The van der Waals surface area contributed by atoms with Crippen LogP contribution in [-0.2, 0) is 4.79 Å². The van der Waals surface area contributed by atoms with Gasteiger partial charge in [0.15, 0.2) is 5.78 Å². The number of carbonyl (C=O) groups excluding carboxylic acids is 1. The zero-order valence-corrected chi connectivity index (χ0v) is 6.49. The van der Waals surface area contributed by atoms with Gasteiger partial charge in [-0.1, -0.05) is 43.5 Å². The van der Waals surface area contributed by atoms with Gasteiger partial charge in [0, 0.05) is 6.42 Å². The molecule has 11 heavy (non-hydrogen) atoms. The van der Waals surface area contributed by atoms with Crippen molar-refractivity contribution in [3.05, 3.63) is 49.6 Å². The topological polar surface area (TPSA) is 17.1 Å². The third-order valence-electron chi connectivity index (χ3n) is 1.04. The molecule has 0 atom stereocenters. The molecular formula is C10H12O. The molecule has 0 saturated heterocycles. The highest BCUT2D eigenvalue weighted by Crippen LogP contribution is 1.87. The van der Waals surface area contributed by atoms with Crippen LogP contribution in [0.2, 0.25) is 0 Å². The van der Waals surface area contributed by atoms with Crippen LogP contribution >= 0.6 is 0 Å². The summed E-state index contributed by atoms with van der Waals surface area (Å²) in [5, 5.41) is 0. The van der Waals surface area contributed by atoms with Crippen LogP contribution in [0.3, 0.4) is 0 Å². The fraction of sp³-hybridized carbons (Fsp3) is 0.100. The first-order valence-corrected chi connectivity index (χ1v) is 3.40. The Morgan fingerprint density at radius 3 is 2.45 bits per heavy atom. The van der Waals surface area contributed by atoms with Crippen LogP contribution in [0.15, 0.2) is 49.6 Å². The van der Waals surface area contributed by atoms with E-state index in [-0.39, 0.29) is 5.78 Å². The van der Waals surface area contributed by atoms with Crippen molar-refractivity contribution in [1.29, 1.82) is 0 Å². The van der Waals surface area contributed by atoms with E-state index in [0.29, 0.717) is 6.42 Å². The largest absolute Gasteiger partial charge is 0.295 e. The van der Waals surface area contributed by atoms with E-state index in [9.17, 15) is 4.79 Å². The molecule has 0 aliphatic rings. The summed E-state index contributed by atoms with van der Waals surface area (Å²) >= 11 is 0. The molecule has 0 N–H and O–H groups in total. The van der Waals surface area contributed by atoms with Crippen LogP contribution < -0.4 is 0 Å². The molecule has 0 bridgehead atoms. The minimum atomic E-state index is 0.0354. The number of carbonyl (C=O) groups is 1. The van der Waals surface area contributed by atoms with Gasteiger partial charge < -0.3 is 0 Å². The van der Waals surface area contributed by atoms with Crippen LogP contribution in [0.1, 0.15) is 6.42 Å². The van der Waals surface area contributed by atoms with E-state index in [1.807, 2.05) is 12.2 Å². The second-order valence-electron chi connectivity index (χ2n) is 1.92. The Morgan fingerprint density at radius 2 is 1.91 bits per heavy atom. The summed E-state index contributed by atoms with van der Waals surface area (Å²) < 4.78 is 0. The molecule has 0 fully saturated rings. The van der Waals surface area contributed by atoms with Gasteiger partial charge in [0.25, 0.3) is 0 Å². The molecule has 0 heterocycles. The lowest BCUT2D eigenvalue weighted by Gasteiger charge is -1.81. The molecule has 0 aromatic rings. The third kappa shape index (κ3) is 6.52. The van der Waals surface area contributed by atoms with Gasteiger partial charge in [0.2, 0.25) is 0 Å². The second-order valence-corrected chi connectivity index (χ2v) is 1.92. The molecule has 0 aliphatic heterocycles. The molecule has 0 aromatic carbocycles. The lowest BCUT2D eigenvalue weighted by atomic mass is 10.2. The van der Waals surface area contributed by atoms with Gasteiger partial charge in [0.05, 0.1) is 0 Å². The van der Waals surface area contributed by atoms with Crippen molar-refractivity contribution in [3.8, 4) is 0 Å².